The molecular weight excluding hydrogens is 500 g/mol. The fourth-order valence-electron chi connectivity index (χ4n) is 5.73. The number of aromatic nitrogens is 3. The zero-order valence-electron chi connectivity index (χ0n) is 25.6. The molecule has 0 aliphatic carbocycles. The van der Waals surface area contributed by atoms with Gasteiger partial charge in [-0.3, -0.25) is 9.69 Å². The van der Waals surface area contributed by atoms with Gasteiger partial charge in [0.15, 0.2) is 5.82 Å². The molecule has 1 aliphatic heterocycles. The molecule has 220 valence electrons. The molecule has 1 aliphatic rings. The largest absolute Gasteiger partial charge is 0.382 e. The van der Waals surface area contributed by atoms with Gasteiger partial charge in [-0.2, -0.15) is 0 Å². The highest BCUT2D eigenvalue weighted by Crippen LogP contribution is 2.31. The molecule has 1 atom stereocenters. The number of unbranched alkanes of at least 4 members (excludes halogenated alkanes) is 1. The normalized spacial score (nSPS) is 16.6. The van der Waals surface area contributed by atoms with E-state index in [9.17, 15) is 4.79 Å². The van der Waals surface area contributed by atoms with Crippen LogP contribution in [0.4, 0.5) is 11.5 Å². The Kier molecular flexibility index (Phi) is 9.72. The summed E-state index contributed by atoms with van der Waals surface area (Å²) in [5.74, 6) is 1.79. The molecule has 1 unspecified atom stereocenters. The van der Waals surface area contributed by atoms with Gasteiger partial charge in [-0.05, 0) is 36.5 Å². The Morgan fingerprint density at radius 3 is 2.50 bits per heavy atom. The number of nitrogen functional groups attached to an aromatic ring is 1. The molecule has 0 bridgehead atoms. The van der Waals surface area contributed by atoms with E-state index in [1.54, 1.807) is 0 Å². The molecule has 1 aromatic carbocycles. The second kappa shape index (κ2) is 12.9. The Morgan fingerprint density at radius 2 is 1.82 bits per heavy atom. The summed E-state index contributed by atoms with van der Waals surface area (Å²) in [6.45, 7) is 19.3. The number of pyridine rings is 1. The van der Waals surface area contributed by atoms with Crippen LogP contribution in [-0.4, -0.2) is 71.6 Å². The summed E-state index contributed by atoms with van der Waals surface area (Å²) in [5.41, 5.74) is 10.1. The number of imidazole rings is 1. The van der Waals surface area contributed by atoms with Crippen LogP contribution >= 0.6 is 0 Å². The number of nitrogens with two attached hydrogens (primary N) is 1. The lowest BCUT2D eigenvalue weighted by Crippen LogP contribution is -2.49. The maximum absolute atomic E-state index is 12.0. The van der Waals surface area contributed by atoms with Gasteiger partial charge in [-0.1, -0.05) is 48.0 Å². The van der Waals surface area contributed by atoms with Crippen LogP contribution in [0.3, 0.4) is 0 Å². The fraction of sp³-hybridized carbons (Fsp3) is 0.656. The van der Waals surface area contributed by atoms with E-state index in [4.69, 9.17) is 15.5 Å². The first kappa shape index (κ1) is 30.3. The van der Waals surface area contributed by atoms with E-state index >= 15 is 0 Å². The van der Waals surface area contributed by atoms with Crippen LogP contribution in [-0.2, 0) is 16.0 Å². The Hall–Kier alpha value is -2.71. The average Bonchev–Trinajstić information content (AvgIpc) is 3.37. The minimum absolute atomic E-state index is 0.0435. The minimum Gasteiger partial charge on any atom is -0.382 e. The van der Waals surface area contributed by atoms with Crippen molar-refractivity contribution in [3.8, 4) is 0 Å². The topological polar surface area (TPSA) is 100 Å². The second-order valence-corrected chi connectivity index (χ2v) is 12.9. The summed E-state index contributed by atoms with van der Waals surface area (Å²) in [6, 6.07) is 6.49. The van der Waals surface area contributed by atoms with Gasteiger partial charge in [0.25, 0.3) is 0 Å². The number of Topliss-reactive ketones (excluding diaryl/α,β-unsaturated/α-hetero) is 1. The Bertz CT molecular complexity index is 1290. The van der Waals surface area contributed by atoms with Crippen LogP contribution in [0.25, 0.3) is 21.9 Å². The maximum atomic E-state index is 12.0. The minimum atomic E-state index is -0.0747. The number of carbonyl (C=O) groups is 1. The van der Waals surface area contributed by atoms with Crippen molar-refractivity contribution in [1.29, 1.82) is 0 Å². The lowest BCUT2D eigenvalue weighted by molar-refractivity contribution is -0.122. The van der Waals surface area contributed by atoms with Crippen molar-refractivity contribution in [3.05, 3.63) is 24.0 Å². The van der Waals surface area contributed by atoms with E-state index < -0.39 is 0 Å². The molecule has 4 rings (SSSR count). The fourth-order valence-corrected chi connectivity index (χ4v) is 5.73. The third-order valence-corrected chi connectivity index (χ3v) is 8.46. The number of nitrogens with one attached hydrogen (secondary N) is 1. The molecule has 0 amide bonds. The van der Waals surface area contributed by atoms with Crippen LogP contribution in [0.5, 0.6) is 0 Å². The van der Waals surface area contributed by atoms with Crippen molar-refractivity contribution in [2.45, 2.75) is 80.1 Å². The van der Waals surface area contributed by atoms with Gasteiger partial charge in [-0.15, -0.1) is 0 Å². The summed E-state index contributed by atoms with van der Waals surface area (Å²) in [5, 5.41) is 1.08. The summed E-state index contributed by atoms with van der Waals surface area (Å²) in [4.78, 5) is 30.0. The number of ketones is 1. The van der Waals surface area contributed by atoms with Crippen LogP contribution in [0.15, 0.2) is 18.2 Å². The number of H-pyrrole nitrogens is 1. The number of benzene rings is 1. The first-order valence-corrected chi connectivity index (χ1v) is 15.2. The van der Waals surface area contributed by atoms with Crippen LogP contribution < -0.4 is 10.6 Å². The van der Waals surface area contributed by atoms with Crippen molar-refractivity contribution in [2.75, 3.05) is 56.6 Å². The van der Waals surface area contributed by atoms with Gasteiger partial charge in [0.2, 0.25) is 0 Å². The third kappa shape index (κ3) is 7.32. The second-order valence-electron chi connectivity index (χ2n) is 12.9. The summed E-state index contributed by atoms with van der Waals surface area (Å²) in [6.07, 6.45) is 5.31. The molecule has 0 spiro atoms. The van der Waals surface area contributed by atoms with E-state index in [1.165, 1.54) is 5.69 Å². The average molecular weight is 551 g/mol. The predicted octanol–water partition coefficient (Wildman–Crippen LogP) is 5.99. The summed E-state index contributed by atoms with van der Waals surface area (Å²) in [7, 11) is 0. The van der Waals surface area contributed by atoms with Crippen molar-refractivity contribution in [3.63, 3.8) is 0 Å². The highest BCUT2D eigenvalue weighted by atomic mass is 16.5. The highest BCUT2D eigenvalue weighted by Gasteiger charge is 2.29. The lowest BCUT2D eigenvalue weighted by Gasteiger charge is -2.40. The maximum Gasteiger partial charge on any atom is 0.152 e. The van der Waals surface area contributed by atoms with Gasteiger partial charge < -0.3 is 20.4 Å². The molecule has 8 nitrogen and oxygen atoms in total. The summed E-state index contributed by atoms with van der Waals surface area (Å²) < 4.78 is 6.23. The standard InChI is InChI=1S/C32H50N6O2/c1-7-10-11-27-35-28-25-18-23(12-13-26(25)34-30(33)29(28)36-27)38-16-14-37(15-17-38)20-31(4,5)21-40-22-32(6,9-3)19-24(39)8-2/h12-13,18H,7-11,14-17,19-22H2,1-6H3,(H2,33,34)(H,35,36). The molecule has 3 heterocycles. The van der Waals surface area contributed by atoms with Gasteiger partial charge in [0.05, 0.1) is 24.2 Å². The zero-order chi connectivity index (χ0) is 28.9. The quantitative estimate of drug-likeness (QED) is 0.254. The molecule has 0 radical (unpaired) electrons. The number of fused-ring (bicyclic) bond motifs is 3. The number of ether oxygens (including phenoxy) is 1. The van der Waals surface area contributed by atoms with Crippen molar-refractivity contribution in [1.82, 2.24) is 19.9 Å². The Labute approximate surface area is 240 Å². The van der Waals surface area contributed by atoms with E-state index in [-0.39, 0.29) is 10.8 Å². The highest BCUT2D eigenvalue weighted by molar-refractivity contribution is 6.07. The van der Waals surface area contributed by atoms with Gasteiger partial charge >= 0.3 is 0 Å². The van der Waals surface area contributed by atoms with Gasteiger partial charge in [0, 0.05) is 68.5 Å². The number of carbonyl (C=O) groups excluding carboxylic acids is 1. The van der Waals surface area contributed by atoms with E-state index in [1.807, 2.05) is 6.92 Å². The molecule has 1 saturated heterocycles. The Morgan fingerprint density at radius 1 is 1.07 bits per heavy atom. The van der Waals surface area contributed by atoms with Crippen molar-refractivity contribution in [2.24, 2.45) is 10.8 Å². The number of aryl methyl sites for hydroxylation is 1. The molecule has 1 fully saturated rings. The molecule has 8 heteroatoms. The molecule has 2 aromatic heterocycles. The molecule has 40 heavy (non-hydrogen) atoms. The number of anilines is 2. The van der Waals surface area contributed by atoms with E-state index in [2.05, 4.69) is 72.6 Å². The first-order chi connectivity index (χ1) is 19.1. The van der Waals surface area contributed by atoms with Crippen molar-refractivity contribution < 1.29 is 9.53 Å². The molecule has 3 aromatic rings. The number of aromatic amines is 1. The molecule has 0 saturated carbocycles. The number of rotatable bonds is 14. The van der Waals surface area contributed by atoms with Crippen molar-refractivity contribution >= 4 is 39.2 Å². The van der Waals surface area contributed by atoms with E-state index in [0.717, 1.165) is 86.2 Å². The van der Waals surface area contributed by atoms with Crippen LogP contribution in [0, 0.1) is 10.8 Å². The number of nitrogens with zero attached hydrogens (tertiary/aromatic N) is 4. The summed E-state index contributed by atoms with van der Waals surface area (Å²) >= 11 is 0. The molecular formula is C32H50N6O2. The lowest BCUT2D eigenvalue weighted by atomic mass is 9.82. The SMILES string of the molecule is CCCCc1nc2c(N)nc3ccc(N4CCN(CC(C)(C)COCC(C)(CC)CC(=O)CC)CC4)cc3c2[nH]1. The monoisotopic (exact) mass is 550 g/mol. The van der Waals surface area contributed by atoms with Crippen LogP contribution in [0.2, 0.25) is 0 Å². The first-order valence-electron chi connectivity index (χ1n) is 15.2. The number of piperazine rings is 1. The zero-order valence-corrected chi connectivity index (χ0v) is 25.6. The third-order valence-electron chi connectivity index (χ3n) is 8.46. The predicted molar refractivity (Wildman–Crippen MR) is 166 cm³/mol. The number of hydrogen-bond donors (Lipinski definition) is 2. The molecule has 3 N–H and O–H groups in total. The Balaban J connectivity index is 1.35. The van der Waals surface area contributed by atoms with E-state index in [0.29, 0.717) is 37.7 Å². The van der Waals surface area contributed by atoms with Gasteiger partial charge in [-0.25, -0.2) is 9.97 Å². The van der Waals surface area contributed by atoms with Gasteiger partial charge in [0.1, 0.15) is 17.1 Å². The van der Waals surface area contributed by atoms with Crippen LogP contribution in [0.1, 0.15) is 79.5 Å². The number of hydrogen-bond acceptors (Lipinski definition) is 7. The smallest absolute Gasteiger partial charge is 0.152 e.